The minimum absolute atomic E-state index is 0.0164. The van der Waals surface area contributed by atoms with Crippen molar-refractivity contribution in [2.75, 3.05) is 11.9 Å². The number of non-ortho nitro benzene ring substituents is 1. The fourth-order valence-electron chi connectivity index (χ4n) is 1.21. The van der Waals surface area contributed by atoms with Crippen molar-refractivity contribution in [2.45, 2.75) is 19.4 Å². The number of nitro benzene ring substituents is 1. The van der Waals surface area contributed by atoms with Crippen molar-refractivity contribution in [3.63, 3.8) is 0 Å². The zero-order valence-electron chi connectivity index (χ0n) is 9.24. The third kappa shape index (κ3) is 3.73. The number of anilines is 1. The van der Waals surface area contributed by atoms with Crippen LogP contribution in [0.25, 0.3) is 0 Å². The van der Waals surface area contributed by atoms with E-state index in [1.165, 1.54) is 12.1 Å². The minimum Gasteiger partial charge on any atom is -0.381 e. The van der Waals surface area contributed by atoms with Gasteiger partial charge >= 0.3 is 0 Å². The molecule has 17 heavy (non-hydrogen) atoms. The Kier molecular flexibility index (Phi) is 4.99. The number of nitrogens with zero attached hydrogens (tertiary/aromatic N) is 1. The van der Waals surface area contributed by atoms with Gasteiger partial charge in [0.1, 0.15) is 0 Å². The van der Waals surface area contributed by atoms with Crippen molar-refractivity contribution in [3.8, 4) is 0 Å². The fraction of sp³-hybridized carbons (Fsp3) is 0.400. The highest BCUT2D eigenvalue weighted by Gasteiger charge is 2.14. The number of halogens is 2. The standard InChI is InChI=1S/C10H13Cl2N3O2/c1-2-6(13)5-14-10-8(11)3-7(15(16)17)4-9(10)12/h3-4,6,14H,2,5,13H2,1H3. The normalized spacial score (nSPS) is 12.2. The Morgan fingerprint density at radius 1 is 1.47 bits per heavy atom. The van der Waals surface area contributed by atoms with E-state index in [0.29, 0.717) is 12.2 Å². The van der Waals surface area contributed by atoms with E-state index >= 15 is 0 Å². The molecular weight excluding hydrogens is 265 g/mol. The SMILES string of the molecule is CCC(N)CNc1c(Cl)cc([N+](=O)[O-])cc1Cl. The highest BCUT2D eigenvalue weighted by atomic mass is 35.5. The lowest BCUT2D eigenvalue weighted by Gasteiger charge is -2.13. The molecule has 0 radical (unpaired) electrons. The first-order valence-electron chi connectivity index (χ1n) is 5.08. The number of benzene rings is 1. The van der Waals surface area contributed by atoms with E-state index in [0.717, 1.165) is 6.42 Å². The first-order valence-corrected chi connectivity index (χ1v) is 5.84. The Labute approximate surface area is 109 Å². The molecule has 1 aromatic rings. The molecule has 0 aliphatic carbocycles. The number of rotatable bonds is 5. The van der Waals surface area contributed by atoms with E-state index in [1.807, 2.05) is 6.92 Å². The molecule has 0 fully saturated rings. The van der Waals surface area contributed by atoms with E-state index in [9.17, 15) is 10.1 Å². The van der Waals surface area contributed by atoms with Gasteiger partial charge in [-0.15, -0.1) is 0 Å². The van der Waals surface area contributed by atoms with Crippen molar-refractivity contribution in [1.82, 2.24) is 0 Å². The molecule has 94 valence electrons. The van der Waals surface area contributed by atoms with Crippen molar-refractivity contribution in [3.05, 3.63) is 32.3 Å². The van der Waals surface area contributed by atoms with E-state index < -0.39 is 4.92 Å². The van der Waals surface area contributed by atoms with Gasteiger partial charge in [0.25, 0.3) is 5.69 Å². The van der Waals surface area contributed by atoms with Gasteiger partial charge in [-0.3, -0.25) is 10.1 Å². The summed E-state index contributed by atoms with van der Waals surface area (Å²) in [4.78, 5) is 10.0. The molecule has 0 spiro atoms. The van der Waals surface area contributed by atoms with Crippen molar-refractivity contribution >= 4 is 34.6 Å². The maximum Gasteiger partial charge on any atom is 0.272 e. The average molecular weight is 278 g/mol. The topological polar surface area (TPSA) is 81.2 Å². The molecule has 0 amide bonds. The van der Waals surface area contributed by atoms with Gasteiger partial charge in [-0.05, 0) is 6.42 Å². The summed E-state index contributed by atoms with van der Waals surface area (Å²) >= 11 is 11.8. The van der Waals surface area contributed by atoms with E-state index in [4.69, 9.17) is 28.9 Å². The van der Waals surface area contributed by atoms with Gasteiger partial charge in [0.15, 0.2) is 0 Å². The zero-order valence-corrected chi connectivity index (χ0v) is 10.8. The first-order chi connectivity index (χ1) is 7.95. The Balaban J connectivity index is 2.90. The monoisotopic (exact) mass is 277 g/mol. The van der Waals surface area contributed by atoms with E-state index in [1.54, 1.807) is 0 Å². The molecule has 0 heterocycles. The van der Waals surface area contributed by atoms with Crippen LogP contribution in [0.1, 0.15) is 13.3 Å². The number of nitro groups is 1. The van der Waals surface area contributed by atoms with Crippen LogP contribution in [-0.2, 0) is 0 Å². The lowest BCUT2D eigenvalue weighted by Crippen LogP contribution is -2.28. The summed E-state index contributed by atoms with van der Waals surface area (Å²) in [6.07, 6.45) is 0.815. The first kappa shape index (κ1) is 14.0. The van der Waals surface area contributed by atoms with E-state index in [-0.39, 0.29) is 21.8 Å². The summed E-state index contributed by atoms with van der Waals surface area (Å²) < 4.78 is 0. The van der Waals surface area contributed by atoms with Crippen LogP contribution in [0, 0.1) is 10.1 Å². The van der Waals surface area contributed by atoms with Gasteiger partial charge in [0.05, 0.1) is 20.7 Å². The van der Waals surface area contributed by atoms with Crippen LogP contribution < -0.4 is 11.1 Å². The van der Waals surface area contributed by atoms with Crippen LogP contribution in [0.3, 0.4) is 0 Å². The molecule has 7 heteroatoms. The van der Waals surface area contributed by atoms with Crippen LogP contribution in [0.5, 0.6) is 0 Å². The lowest BCUT2D eigenvalue weighted by molar-refractivity contribution is -0.384. The molecule has 1 aromatic carbocycles. The molecule has 5 nitrogen and oxygen atoms in total. The molecule has 0 saturated heterocycles. The highest BCUT2D eigenvalue weighted by Crippen LogP contribution is 2.34. The molecule has 3 N–H and O–H groups in total. The van der Waals surface area contributed by atoms with Gasteiger partial charge in [0.2, 0.25) is 0 Å². The summed E-state index contributed by atoms with van der Waals surface area (Å²) in [7, 11) is 0. The second-order valence-electron chi connectivity index (χ2n) is 3.59. The second kappa shape index (κ2) is 6.05. The predicted octanol–water partition coefficient (Wildman–Crippen LogP) is 3.05. The summed E-state index contributed by atoms with van der Waals surface area (Å²) in [6, 6.07) is 2.50. The Morgan fingerprint density at radius 2 is 2.00 bits per heavy atom. The summed E-state index contributed by atoms with van der Waals surface area (Å²) in [5.74, 6) is 0. The van der Waals surface area contributed by atoms with Gasteiger partial charge in [0, 0.05) is 24.7 Å². The Hall–Kier alpha value is -1.04. The maximum absolute atomic E-state index is 10.6. The molecule has 0 bridgehead atoms. The number of nitrogens with one attached hydrogen (secondary N) is 1. The molecule has 0 aliphatic heterocycles. The highest BCUT2D eigenvalue weighted by molar-refractivity contribution is 6.39. The quantitative estimate of drug-likeness (QED) is 0.640. The maximum atomic E-state index is 10.6. The fourth-order valence-corrected chi connectivity index (χ4v) is 1.82. The molecule has 0 aliphatic rings. The van der Waals surface area contributed by atoms with E-state index in [2.05, 4.69) is 5.32 Å². The Morgan fingerprint density at radius 3 is 2.41 bits per heavy atom. The van der Waals surface area contributed by atoms with Crippen molar-refractivity contribution in [1.29, 1.82) is 0 Å². The van der Waals surface area contributed by atoms with Gasteiger partial charge in [-0.2, -0.15) is 0 Å². The molecule has 1 rings (SSSR count). The Bertz CT molecular complexity index is 403. The smallest absolute Gasteiger partial charge is 0.272 e. The second-order valence-corrected chi connectivity index (χ2v) is 4.41. The van der Waals surface area contributed by atoms with Crippen LogP contribution in [0.2, 0.25) is 10.0 Å². The molecule has 1 unspecified atom stereocenters. The van der Waals surface area contributed by atoms with Crippen LogP contribution in [0.4, 0.5) is 11.4 Å². The molecule has 1 atom stereocenters. The van der Waals surface area contributed by atoms with Crippen LogP contribution in [0.15, 0.2) is 12.1 Å². The van der Waals surface area contributed by atoms with Crippen molar-refractivity contribution in [2.24, 2.45) is 5.73 Å². The number of nitrogens with two attached hydrogens (primary N) is 1. The van der Waals surface area contributed by atoms with Crippen LogP contribution >= 0.6 is 23.2 Å². The third-order valence-electron chi connectivity index (χ3n) is 2.30. The third-order valence-corrected chi connectivity index (χ3v) is 2.90. The van der Waals surface area contributed by atoms with Gasteiger partial charge in [-0.1, -0.05) is 30.1 Å². The molecule has 0 aromatic heterocycles. The average Bonchev–Trinajstić information content (AvgIpc) is 2.27. The number of hydrogen-bond donors (Lipinski definition) is 2. The van der Waals surface area contributed by atoms with Crippen molar-refractivity contribution < 1.29 is 4.92 Å². The van der Waals surface area contributed by atoms with Gasteiger partial charge < -0.3 is 11.1 Å². The van der Waals surface area contributed by atoms with Gasteiger partial charge in [-0.25, -0.2) is 0 Å². The summed E-state index contributed by atoms with van der Waals surface area (Å²) in [5, 5.41) is 14.0. The molecular formula is C10H13Cl2N3O2. The zero-order chi connectivity index (χ0) is 13.0. The largest absolute Gasteiger partial charge is 0.381 e. The number of hydrogen-bond acceptors (Lipinski definition) is 4. The minimum atomic E-state index is -0.542. The lowest BCUT2D eigenvalue weighted by atomic mass is 10.2. The summed E-state index contributed by atoms with van der Waals surface area (Å²) in [6.45, 7) is 2.47. The van der Waals surface area contributed by atoms with Crippen LogP contribution in [-0.4, -0.2) is 17.5 Å². The molecule has 0 saturated carbocycles. The predicted molar refractivity (Wildman–Crippen MR) is 69.9 cm³/mol. The summed E-state index contributed by atoms with van der Waals surface area (Å²) in [5.41, 5.74) is 6.08.